The van der Waals surface area contributed by atoms with Crippen LogP contribution in [0.4, 0.5) is 0 Å². The largest absolute Gasteiger partial charge is 0.496 e. The van der Waals surface area contributed by atoms with E-state index in [4.69, 9.17) is 9.47 Å². The summed E-state index contributed by atoms with van der Waals surface area (Å²) in [7, 11) is 3.17. The monoisotopic (exact) mass is 334 g/mol. The molecule has 0 saturated carbocycles. The summed E-state index contributed by atoms with van der Waals surface area (Å²) in [4.78, 5) is 12.6. The van der Waals surface area contributed by atoms with Gasteiger partial charge in [-0.25, -0.2) is 0 Å². The molecule has 0 aliphatic rings. The first-order valence-electron chi connectivity index (χ1n) is 6.09. The highest BCUT2D eigenvalue weighted by Crippen LogP contribution is 2.27. The molecule has 3 nitrogen and oxygen atoms in total. The Balaban J connectivity index is 2.43. The Labute approximate surface area is 126 Å². The van der Waals surface area contributed by atoms with Crippen LogP contribution in [-0.4, -0.2) is 20.0 Å². The molecule has 0 fully saturated rings. The topological polar surface area (TPSA) is 35.5 Å². The molecule has 0 heterocycles. The number of ketones is 1. The highest BCUT2D eigenvalue weighted by Gasteiger charge is 2.15. The molecule has 4 heteroatoms. The fraction of sp³-hybridized carbons (Fsp3) is 0.188. The first-order chi connectivity index (χ1) is 9.56. The lowest BCUT2D eigenvalue weighted by atomic mass is 10.0. The summed E-state index contributed by atoms with van der Waals surface area (Å²) < 4.78 is 11.3. The van der Waals surface area contributed by atoms with Gasteiger partial charge in [0.2, 0.25) is 0 Å². The SMILES string of the molecule is COc1ccc(C(=O)c2ccc(Br)cc2OC)cc1C. The Morgan fingerprint density at radius 1 is 1.00 bits per heavy atom. The van der Waals surface area contributed by atoms with Crippen molar-refractivity contribution in [1.82, 2.24) is 0 Å². The van der Waals surface area contributed by atoms with Gasteiger partial charge in [-0.3, -0.25) is 4.79 Å². The first-order valence-corrected chi connectivity index (χ1v) is 6.89. The van der Waals surface area contributed by atoms with Crippen LogP contribution >= 0.6 is 15.9 Å². The Morgan fingerprint density at radius 2 is 1.70 bits per heavy atom. The molecule has 0 unspecified atom stereocenters. The van der Waals surface area contributed by atoms with E-state index in [9.17, 15) is 4.79 Å². The molecule has 0 aromatic heterocycles. The Morgan fingerprint density at radius 3 is 2.30 bits per heavy atom. The van der Waals surface area contributed by atoms with E-state index in [1.165, 1.54) is 0 Å². The van der Waals surface area contributed by atoms with Gasteiger partial charge >= 0.3 is 0 Å². The number of benzene rings is 2. The average molecular weight is 335 g/mol. The van der Waals surface area contributed by atoms with Crippen molar-refractivity contribution in [3.63, 3.8) is 0 Å². The van der Waals surface area contributed by atoms with Gasteiger partial charge in [0.25, 0.3) is 0 Å². The Hall–Kier alpha value is -1.81. The van der Waals surface area contributed by atoms with Crippen molar-refractivity contribution < 1.29 is 14.3 Å². The second-order valence-corrected chi connectivity index (χ2v) is 5.27. The van der Waals surface area contributed by atoms with Crippen molar-refractivity contribution in [2.24, 2.45) is 0 Å². The maximum Gasteiger partial charge on any atom is 0.196 e. The molecule has 0 amide bonds. The molecular formula is C16H15BrO3. The summed E-state index contributed by atoms with van der Waals surface area (Å²) in [5, 5.41) is 0. The zero-order valence-corrected chi connectivity index (χ0v) is 13.2. The van der Waals surface area contributed by atoms with Gasteiger partial charge in [-0.05, 0) is 48.9 Å². The van der Waals surface area contributed by atoms with E-state index in [-0.39, 0.29) is 5.78 Å². The minimum Gasteiger partial charge on any atom is -0.496 e. The predicted molar refractivity (Wildman–Crippen MR) is 81.9 cm³/mol. The second kappa shape index (κ2) is 6.09. The summed E-state index contributed by atoms with van der Waals surface area (Å²) in [6, 6.07) is 10.7. The van der Waals surface area contributed by atoms with Crippen molar-refractivity contribution >= 4 is 21.7 Å². The molecule has 0 aliphatic heterocycles. The van der Waals surface area contributed by atoms with E-state index in [1.54, 1.807) is 38.5 Å². The van der Waals surface area contributed by atoms with Gasteiger partial charge in [0.05, 0.1) is 19.8 Å². The lowest BCUT2D eigenvalue weighted by Gasteiger charge is -2.10. The normalized spacial score (nSPS) is 10.2. The molecule has 20 heavy (non-hydrogen) atoms. The lowest BCUT2D eigenvalue weighted by Crippen LogP contribution is -2.04. The molecule has 0 aliphatic carbocycles. The molecule has 2 aromatic carbocycles. The fourth-order valence-electron chi connectivity index (χ4n) is 2.03. The Kier molecular flexibility index (Phi) is 4.45. The number of carbonyl (C=O) groups excluding carboxylic acids is 1. The maximum absolute atomic E-state index is 12.6. The van der Waals surface area contributed by atoms with Gasteiger partial charge < -0.3 is 9.47 Å². The molecule has 0 saturated heterocycles. The van der Waals surface area contributed by atoms with Crippen molar-refractivity contribution in [3.8, 4) is 11.5 Å². The van der Waals surface area contributed by atoms with E-state index in [1.807, 2.05) is 19.1 Å². The average Bonchev–Trinajstić information content (AvgIpc) is 2.46. The van der Waals surface area contributed by atoms with Crippen LogP contribution in [0.5, 0.6) is 11.5 Å². The van der Waals surface area contributed by atoms with Gasteiger partial charge in [-0.1, -0.05) is 15.9 Å². The maximum atomic E-state index is 12.6. The fourth-order valence-corrected chi connectivity index (χ4v) is 2.37. The van der Waals surface area contributed by atoms with Gasteiger partial charge in [-0.15, -0.1) is 0 Å². The summed E-state index contributed by atoms with van der Waals surface area (Å²) >= 11 is 3.37. The number of halogens is 1. The highest BCUT2D eigenvalue weighted by atomic mass is 79.9. The predicted octanol–water partition coefficient (Wildman–Crippen LogP) is 4.01. The van der Waals surface area contributed by atoms with Crippen LogP contribution < -0.4 is 9.47 Å². The van der Waals surface area contributed by atoms with Crippen molar-refractivity contribution in [2.45, 2.75) is 6.92 Å². The van der Waals surface area contributed by atoms with Crippen LogP contribution in [0, 0.1) is 6.92 Å². The molecule has 2 aromatic rings. The smallest absolute Gasteiger partial charge is 0.196 e. The Bertz CT molecular complexity index is 650. The van der Waals surface area contributed by atoms with E-state index in [2.05, 4.69) is 15.9 Å². The number of hydrogen-bond donors (Lipinski definition) is 0. The highest BCUT2D eigenvalue weighted by molar-refractivity contribution is 9.10. The van der Waals surface area contributed by atoms with E-state index in [0.717, 1.165) is 15.8 Å². The minimum atomic E-state index is -0.0693. The molecule has 104 valence electrons. The molecule has 0 radical (unpaired) electrons. The molecular weight excluding hydrogens is 320 g/mol. The van der Waals surface area contributed by atoms with Crippen molar-refractivity contribution in [3.05, 3.63) is 57.6 Å². The van der Waals surface area contributed by atoms with E-state index < -0.39 is 0 Å². The van der Waals surface area contributed by atoms with Crippen molar-refractivity contribution in [1.29, 1.82) is 0 Å². The van der Waals surface area contributed by atoms with Crippen molar-refractivity contribution in [2.75, 3.05) is 14.2 Å². The number of ether oxygens (including phenoxy) is 2. The van der Waals surface area contributed by atoms with Crippen LogP contribution in [0.15, 0.2) is 40.9 Å². The summed E-state index contributed by atoms with van der Waals surface area (Å²) in [6.45, 7) is 1.91. The van der Waals surface area contributed by atoms with Gasteiger partial charge in [-0.2, -0.15) is 0 Å². The standard InChI is InChI=1S/C16H15BrO3/c1-10-8-11(4-7-14(10)19-2)16(18)13-6-5-12(17)9-15(13)20-3/h4-9H,1-3H3. The van der Waals surface area contributed by atoms with Crippen LogP contribution in [0.3, 0.4) is 0 Å². The summed E-state index contributed by atoms with van der Waals surface area (Å²) in [6.07, 6.45) is 0. The zero-order chi connectivity index (χ0) is 14.7. The number of hydrogen-bond acceptors (Lipinski definition) is 3. The molecule has 0 atom stereocenters. The third kappa shape index (κ3) is 2.85. The lowest BCUT2D eigenvalue weighted by molar-refractivity contribution is 0.103. The molecule has 0 spiro atoms. The van der Waals surface area contributed by atoms with Crippen LogP contribution in [0.25, 0.3) is 0 Å². The third-order valence-electron chi connectivity index (χ3n) is 3.07. The van der Waals surface area contributed by atoms with E-state index >= 15 is 0 Å². The number of methoxy groups -OCH3 is 2. The number of aryl methyl sites for hydroxylation is 1. The molecule has 2 rings (SSSR count). The van der Waals surface area contributed by atoms with E-state index in [0.29, 0.717) is 16.9 Å². The van der Waals surface area contributed by atoms with Gasteiger partial charge in [0.15, 0.2) is 5.78 Å². The molecule has 0 N–H and O–H groups in total. The summed E-state index contributed by atoms with van der Waals surface area (Å²) in [5.41, 5.74) is 2.08. The number of carbonyl (C=O) groups is 1. The van der Waals surface area contributed by atoms with Crippen LogP contribution in [0.1, 0.15) is 21.5 Å². The first kappa shape index (κ1) is 14.6. The molecule has 0 bridgehead atoms. The number of rotatable bonds is 4. The van der Waals surface area contributed by atoms with Crippen LogP contribution in [-0.2, 0) is 0 Å². The van der Waals surface area contributed by atoms with Gasteiger partial charge in [0.1, 0.15) is 11.5 Å². The van der Waals surface area contributed by atoms with Gasteiger partial charge in [0, 0.05) is 10.0 Å². The van der Waals surface area contributed by atoms with Crippen LogP contribution in [0.2, 0.25) is 0 Å². The summed E-state index contributed by atoms with van der Waals surface area (Å²) in [5.74, 6) is 1.25. The third-order valence-corrected chi connectivity index (χ3v) is 3.56. The minimum absolute atomic E-state index is 0.0693. The quantitative estimate of drug-likeness (QED) is 0.792. The second-order valence-electron chi connectivity index (χ2n) is 4.36. The zero-order valence-electron chi connectivity index (χ0n) is 11.6.